The second-order valence-corrected chi connectivity index (χ2v) is 7.83. The summed E-state index contributed by atoms with van der Waals surface area (Å²) in [5.74, 6) is 2.56. The van der Waals surface area contributed by atoms with Gasteiger partial charge in [0.25, 0.3) is 0 Å². The number of ether oxygens (including phenoxy) is 1. The Balaban J connectivity index is 1.34. The first-order chi connectivity index (χ1) is 13.1. The van der Waals surface area contributed by atoms with Crippen LogP contribution in [0.4, 0.5) is 0 Å². The highest BCUT2D eigenvalue weighted by Gasteiger charge is 2.25. The number of benzene rings is 1. The molecule has 2 aliphatic carbocycles. The lowest BCUT2D eigenvalue weighted by Gasteiger charge is -2.10. The molecule has 27 heavy (non-hydrogen) atoms. The molecule has 1 N–H and O–H groups in total. The number of carbonyl (C=O) groups is 1. The topological polar surface area (TPSA) is 72.6 Å². The molecule has 1 fully saturated rings. The number of fused-ring (bicyclic) bond motifs is 1. The first kappa shape index (κ1) is 18.1. The van der Waals surface area contributed by atoms with Crippen LogP contribution in [-0.4, -0.2) is 22.7 Å². The predicted octanol–water partition coefficient (Wildman–Crippen LogP) is 4.77. The molecule has 144 valence electrons. The fourth-order valence-corrected chi connectivity index (χ4v) is 4.49. The molecule has 0 saturated heterocycles. The number of aryl methyl sites for hydroxylation is 2. The van der Waals surface area contributed by atoms with Crippen LogP contribution in [0.5, 0.6) is 5.75 Å². The van der Waals surface area contributed by atoms with Crippen LogP contribution in [0.1, 0.15) is 78.8 Å². The Hall–Kier alpha value is -2.30. The van der Waals surface area contributed by atoms with E-state index in [1.807, 2.05) is 19.1 Å². The number of aliphatic carboxylic acids is 1. The minimum Gasteiger partial charge on any atom is -0.493 e. The van der Waals surface area contributed by atoms with Crippen LogP contribution in [0.2, 0.25) is 0 Å². The summed E-state index contributed by atoms with van der Waals surface area (Å²) in [7, 11) is 0. The maximum atomic E-state index is 11.0. The minimum atomic E-state index is -0.729. The van der Waals surface area contributed by atoms with Crippen molar-refractivity contribution in [2.24, 2.45) is 0 Å². The van der Waals surface area contributed by atoms with E-state index in [0.717, 1.165) is 42.4 Å². The molecule has 0 amide bonds. The van der Waals surface area contributed by atoms with Gasteiger partial charge in [-0.05, 0) is 61.8 Å². The first-order valence-corrected chi connectivity index (χ1v) is 10.0. The molecule has 5 nitrogen and oxygen atoms in total. The second kappa shape index (κ2) is 7.75. The van der Waals surface area contributed by atoms with Crippen LogP contribution >= 0.6 is 0 Å². The van der Waals surface area contributed by atoms with Crippen molar-refractivity contribution < 1.29 is 19.1 Å². The van der Waals surface area contributed by atoms with Gasteiger partial charge in [0.1, 0.15) is 11.5 Å². The molecule has 4 rings (SSSR count). The third-order valence-electron chi connectivity index (χ3n) is 5.96. The summed E-state index contributed by atoms with van der Waals surface area (Å²) >= 11 is 0. The Morgan fingerprint density at radius 1 is 1.30 bits per heavy atom. The van der Waals surface area contributed by atoms with Crippen LogP contribution in [0.25, 0.3) is 0 Å². The Bertz CT molecular complexity index is 820. The third kappa shape index (κ3) is 4.02. The Morgan fingerprint density at radius 2 is 2.11 bits per heavy atom. The Labute approximate surface area is 159 Å². The number of carboxylic acid groups (broad SMARTS) is 1. The highest BCUT2D eigenvalue weighted by atomic mass is 16.5. The number of nitrogens with zero attached hydrogens (tertiary/aromatic N) is 1. The molecule has 0 aliphatic heterocycles. The lowest BCUT2D eigenvalue weighted by Crippen LogP contribution is -2.04. The fourth-order valence-electron chi connectivity index (χ4n) is 4.49. The van der Waals surface area contributed by atoms with Crippen LogP contribution < -0.4 is 4.74 Å². The van der Waals surface area contributed by atoms with Gasteiger partial charge in [-0.1, -0.05) is 18.9 Å². The molecule has 1 aromatic carbocycles. The summed E-state index contributed by atoms with van der Waals surface area (Å²) in [6, 6.07) is 6.06. The molecule has 2 aliphatic rings. The van der Waals surface area contributed by atoms with Crippen molar-refractivity contribution in [1.82, 2.24) is 4.98 Å². The Morgan fingerprint density at radius 3 is 2.89 bits per heavy atom. The predicted molar refractivity (Wildman–Crippen MR) is 101 cm³/mol. The van der Waals surface area contributed by atoms with E-state index in [9.17, 15) is 4.79 Å². The fraction of sp³-hybridized carbons (Fsp3) is 0.545. The largest absolute Gasteiger partial charge is 0.493 e. The summed E-state index contributed by atoms with van der Waals surface area (Å²) in [5.41, 5.74) is 3.39. The lowest BCUT2D eigenvalue weighted by molar-refractivity contribution is -0.137. The van der Waals surface area contributed by atoms with E-state index < -0.39 is 5.97 Å². The van der Waals surface area contributed by atoms with Crippen molar-refractivity contribution >= 4 is 5.97 Å². The number of hydrogen-bond acceptors (Lipinski definition) is 4. The van der Waals surface area contributed by atoms with E-state index in [-0.39, 0.29) is 12.3 Å². The number of aromatic nitrogens is 1. The van der Waals surface area contributed by atoms with Gasteiger partial charge in [0.2, 0.25) is 0 Å². The summed E-state index contributed by atoms with van der Waals surface area (Å²) in [4.78, 5) is 15.7. The molecule has 0 bridgehead atoms. The number of oxazole rings is 1. The normalized spacial score (nSPS) is 19.4. The standard InChI is InChI=1S/C22H27NO4/c1-14-20(23-22(27-14)15-4-2-3-5-15)10-11-26-18-8-9-19-16(12-18)6-7-17(19)13-21(24)25/h8-9,12,15,17H,2-7,10-11,13H2,1H3,(H,24,25)/t17-/m1/s1. The molecule has 0 spiro atoms. The molecule has 2 aromatic rings. The zero-order chi connectivity index (χ0) is 18.8. The number of rotatable bonds is 7. The van der Waals surface area contributed by atoms with Crippen molar-refractivity contribution in [3.63, 3.8) is 0 Å². The average Bonchev–Trinajstić information content (AvgIpc) is 3.36. The van der Waals surface area contributed by atoms with Crippen molar-refractivity contribution in [3.8, 4) is 5.75 Å². The van der Waals surface area contributed by atoms with E-state index in [1.54, 1.807) is 0 Å². The van der Waals surface area contributed by atoms with Crippen molar-refractivity contribution in [1.29, 1.82) is 0 Å². The molecule has 0 radical (unpaired) electrons. The van der Waals surface area contributed by atoms with Gasteiger partial charge in [0, 0.05) is 12.3 Å². The number of hydrogen-bond donors (Lipinski definition) is 1. The average molecular weight is 369 g/mol. The van der Waals surface area contributed by atoms with Gasteiger partial charge in [-0.2, -0.15) is 0 Å². The van der Waals surface area contributed by atoms with Crippen molar-refractivity contribution in [3.05, 3.63) is 46.7 Å². The van der Waals surface area contributed by atoms with E-state index in [2.05, 4.69) is 6.07 Å². The van der Waals surface area contributed by atoms with E-state index >= 15 is 0 Å². The molecule has 1 heterocycles. The molecular weight excluding hydrogens is 342 g/mol. The van der Waals surface area contributed by atoms with Crippen molar-refractivity contribution in [2.45, 2.75) is 70.1 Å². The van der Waals surface area contributed by atoms with Gasteiger partial charge in [-0.3, -0.25) is 4.79 Å². The van der Waals surface area contributed by atoms with Gasteiger partial charge < -0.3 is 14.3 Å². The summed E-state index contributed by atoms with van der Waals surface area (Å²) in [6.07, 6.45) is 7.71. The molecule has 5 heteroatoms. The van der Waals surface area contributed by atoms with Crippen LogP contribution in [0, 0.1) is 6.92 Å². The highest BCUT2D eigenvalue weighted by molar-refractivity contribution is 5.68. The summed E-state index contributed by atoms with van der Waals surface area (Å²) in [6.45, 7) is 2.55. The summed E-state index contributed by atoms with van der Waals surface area (Å²) < 4.78 is 11.8. The monoisotopic (exact) mass is 369 g/mol. The molecular formula is C22H27NO4. The van der Waals surface area contributed by atoms with Crippen LogP contribution in [0.3, 0.4) is 0 Å². The van der Waals surface area contributed by atoms with Gasteiger partial charge in [-0.15, -0.1) is 0 Å². The maximum absolute atomic E-state index is 11.0. The van der Waals surface area contributed by atoms with Gasteiger partial charge in [-0.25, -0.2) is 4.98 Å². The lowest BCUT2D eigenvalue weighted by atomic mass is 9.98. The second-order valence-electron chi connectivity index (χ2n) is 7.83. The zero-order valence-electron chi connectivity index (χ0n) is 15.9. The minimum absolute atomic E-state index is 0.137. The van der Waals surface area contributed by atoms with Crippen molar-refractivity contribution in [2.75, 3.05) is 6.61 Å². The smallest absolute Gasteiger partial charge is 0.303 e. The zero-order valence-corrected chi connectivity index (χ0v) is 15.9. The van der Waals surface area contributed by atoms with Crippen LogP contribution in [0.15, 0.2) is 22.6 Å². The quantitative estimate of drug-likeness (QED) is 0.761. The molecule has 1 aromatic heterocycles. The molecule has 1 atom stereocenters. The van der Waals surface area contributed by atoms with Gasteiger partial charge >= 0.3 is 5.97 Å². The third-order valence-corrected chi connectivity index (χ3v) is 5.96. The molecule has 1 saturated carbocycles. The highest BCUT2D eigenvalue weighted by Crippen LogP contribution is 2.37. The first-order valence-electron chi connectivity index (χ1n) is 10.0. The van der Waals surface area contributed by atoms with Gasteiger partial charge in [0.15, 0.2) is 5.89 Å². The van der Waals surface area contributed by atoms with E-state index in [4.69, 9.17) is 19.2 Å². The Kier molecular flexibility index (Phi) is 5.19. The number of carboxylic acids is 1. The maximum Gasteiger partial charge on any atom is 0.303 e. The summed E-state index contributed by atoms with van der Waals surface area (Å²) in [5, 5.41) is 9.03. The molecule has 0 unspecified atom stereocenters. The van der Waals surface area contributed by atoms with E-state index in [1.165, 1.54) is 36.8 Å². The van der Waals surface area contributed by atoms with E-state index in [0.29, 0.717) is 12.5 Å². The van der Waals surface area contributed by atoms with Gasteiger partial charge in [0.05, 0.1) is 18.7 Å². The SMILES string of the molecule is Cc1oc(C2CCCC2)nc1CCOc1ccc2c(c1)CC[C@@H]2CC(=O)O. The van der Waals surface area contributed by atoms with Crippen LogP contribution in [-0.2, 0) is 17.6 Å².